The van der Waals surface area contributed by atoms with Crippen molar-refractivity contribution in [2.75, 3.05) is 25.0 Å². The van der Waals surface area contributed by atoms with Gasteiger partial charge in [-0.25, -0.2) is 4.98 Å². The largest absolute Gasteiger partial charge is 0.352 e. The third kappa shape index (κ3) is 3.09. The van der Waals surface area contributed by atoms with E-state index in [1.54, 1.807) is 0 Å². The van der Waals surface area contributed by atoms with Crippen LogP contribution in [-0.4, -0.2) is 40.1 Å². The molecule has 1 aromatic heterocycles. The van der Waals surface area contributed by atoms with Crippen LogP contribution in [0.5, 0.6) is 0 Å². The maximum Gasteiger partial charge on any atom is 0.203 e. The highest BCUT2D eigenvalue weighted by atomic mass is 15.2. The van der Waals surface area contributed by atoms with Crippen LogP contribution in [0.25, 0.3) is 0 Å². The van der Waals surface area contributed by atoms with Crippen molar-refractivity contribution in [3.05, 3.63) is 25.0 Å². The van der Waals surface area contributed by atoms with Gasteiger partial charge in [0.05, 0.1) is 0 Å². The highest BCUT2D eigenvalue weighted by Crippen LogP contribution is 2.14. The van der Waals surface area contributed by atoms with Gasteiger partial charge < -0.3 is 9.88 Å². The fraction of sp³-hybridized carbons (Fsp3) is 0.615. The first-order chi connectivity index (χ1) is 8.31. The Kier molecular flexibility index (Phi) is 4.20. The van der Waals surface area contributed by atoms with Crippen molar-refractivity contribution in [2.24, 2.45) is 0 Å². The van der Waals surface area contributed by atoms with E-state index < -0.39 is 0 Å². The van der Waals surface area contributed by atoms with E-state index in [1.807, 2.05) is 18.5 Å². The molecule has 17 heavy (non-hydrogen) atoms. The predicted octanol–water partition coefficient (Wildman–Crippen LogP) is 1.97. The zero-order valence-corrected chi connectivity index (χ0v) is 10.6. The minimum absolute atomic E-state index is 0.580. The Labute approximate surface area is 103 Å². The van der Waals surface area contributed by atoms with E-state index in [0.717, 1.165) is 19.0 Å². The number of aromatic nitrogens is 2. The van der Waals surface area contributed by atoms with Crippen LogP contribution in [0, 0.1) is 0 Å². The number of hydrogen-bond donors (Lipinski definition) is 1. The molecule has 1 aliphatic heterocycles. The first-order valence-corrected chi connectivity index (χ1v) is 6.41. The molecule has 0 amide bonds. The standard InChI is InChI=1S/C13H22N4/c1-3-6-14-13-15-7-10-17(13)11-12(2)16-8-4-5-9-16/h3,7,10,12H,1,4-6,8-9,11H2,2H3,(H,14,15). The van der Waals surface area contributed by atoms with E-state index in [9.17, 15) is 0 Å². The number of likely N-dealkylation sites (tertiary alicyclic amines) is 1. The molecule has 1 unspecified atom stereocenters. The summed E-state index contributed by atoms with van der Waals surface area (Å²) in [5.74, 6) is 0.941. The second-order valence-electron chi connectivity index (χ2n) is 4.66. The van der Waals surface area contributed by atoms with Gasteiger partial charge in [0.2, 0.25) is 5.95 Å². The Morgan fingerprint density at radius 1 is 1.53 bits per heavy atom. The minimum atomic E-state index is 0.580. The highest BCUT2D eigenvalue weighted by molar-refractivity contribution is 5.26. The van der Waals surface area contributed by atoms with Crippen LogP contribution >= 0.6 is 0 Å². The quantitative estimate of drug-likeness (QED) is 0.764. The molecule has 1 saturated heterocycles. The summed E-state index contributed by atoms with van der Waals surface area (Å²) in [5.41, 5.74) is 0. The summed E-state index contributed by atoms with van der Waals surface area (Å²) in [4.78, 5) is 6.87. The SMILES string of the molecule is C=CCNc1nccn1CC(C)N1CCCC1. The van der Waals surface area contributed by atoms with Crippen molar-refractivity contribution in [1.29, 1.82) is 0 Å². The molecule has 1 aromatic rings. The average Bonchev–Trinajstić information content (AvgIpc) is 2.97. The van der Waals surface area contributed by atoms with E-state index in [1.165, 1.54) is 25.9 Å². The van der Waals surface area contributed by atoms with E-state index in [4.69, 9.17) is 0 Å². The third-order valence-electron chi connectivity index (χ3n) is 3.34. The summed E-state index contributed by atoms with van der Waals surface area (Å²) >= 11 is 0. The van der Waals surface area contributed by atoms with E-state index in [0.29, 0.717) is 6.04 Å². The zero-order chi connectivity index (χ0) is 12.1. The molecule has 1 N–H and O–H groups in total. The molecule has 0 spiro atoms. The Morgan fingerprint density at radius 3 is 3.00 bits per heavy atom. The summed E-state index contributed by atoms with van der Waals surface area (Å²) < 4.78 is 2.19. The molecule has 4 nitrogen and oxygen atoms in total. The van der Waals surface area contributed by atoms with Gasteiger partial charge in [-0.3, -0.25) is 4.90 Å². The lowest BCUT2D eigenvalue weighted by Gasteiger charge is -2.24. The van der Waals surface area contributed by atoms with Gasteiger partial charge in [-0.2, -0.15) is 0 Å². The third-order valence-corrected chi connectivity index (χ3v) is 3.34. The topological polar surface area (TPSA) is 33.1 Å². The van der Waals surface area contributed by atoms with Gasteiger partial charge in [0.15, 0.2) is 0 Å². The number of nitrogens with zero attached hydrogens (tertiary/aromatic N) is 3. The molecule has 0 bridgehead atoms. The van der Waals surface area contributed by atoms with Crippen molar-refractivity contribution in [1.82, 2.24) is 14.5 Å². The van der Waals surface area contributed by atoms with Crippen LogP contribution in [-0.2, 0) is 6.54 Å². The van der Waals surface area contributed by atoms with E-state index >= 15 is 0 Å². The van der Waals surface area contributed by atoms with Gasteiger partial charge in [-0.05, 0) is 32.9 Å². The molecule has 0 saturated carbocycles. The fourth-order valence-electron chi connectivity index (χ4n) is 2.37. The summed E-state index contributed by atoms with van der Waals surface area (Å²) in [6, 6.07) is 0.580. The van der Waals surface area contributed by atoms with Crippen molar-refractivity contribution in [2.45, 2.75) is 32.4 Å². The highest BCUT2D eigenvalue weighted by Gasteiger charge is 2.18. The van der Waals surface area contributed by atoms with Crippen LogP contribution < -0.4 is 5.32 Å². The van der Waals surface area contributed by atoms with Crippen LogP contribution in [0.3, 0.4) is 0 Å². The first kappa shape index (κ1) is 12.2. The molecule has 1 aliphatic rings. The Morgan fingerprint density at radius 2 is 2.29 bits per heavy atom. The normalized spacial score (nSPS) is 18.2. The van der Waals surface area contributed by atoms with Crippen LogP contribution in [0.4, 0.5) is 5.95 Å². The Hall–Kier alpha value is -1.29. The Bertz CT molecular complexity index is 352. The lowest BCUT2D eigenvalue weighted by atomic mass is 10.3. The van der Waals surface area contributed by atoms with Crippen molar-refractivity contribution >= 4 is 5.95 Å². The molecule has 1 fully saturated rings. The summed E-state index contributed by atoms with van der Waals surface area (Å²) in [7, 11) is 0. The second-order valence-corrected chi connectivity index (χ2v) is 4.66. The van der Waals surface area contributed by atoms with E-state index in [2.05, 4.69) is 33.3 Å². The number of rotatable bonds is 6. The molecular formula is C13H22N4. The number of hydrogen-bond acceptors (Lipinski definition) is 3. The Balaban J connectivity index is 1.92. The predicted molar refractivity (Wildman–Crippen MR) is 71.2 cm³/mol. The van der Waals surface area contributed by atoms with Gasteiger partial charge in [0.25, 0.3) is 0 Å². The van der Waals surface area contributed by atoms with Crippen molar-refractivity contribution < 1.29 is 0 Å². The van der Waals surface area contributed by atoms with Crippen LogP contribution in [0.2, 0.25) is 0 Å². The summed E-state index contributed by atoms with van der Waals surface area (Å²) in [6.45, 7) is 10.2. The minimum Gasteiger partial charge on any atom is -0.352 e. The molecule has 0 aromatic carbocycles. The molecular weight excluding hydrogens is 212 g/mol. The second kappa shape index (κ2) is 5.87. The summed E-state index contributed by atoms with van der Waals surface area (Å²) in [5, 5.41) is 3.25. The van der Waals surface area contributed by atoms with Gasteiger partial charge in [-0.1, -0.05) is 6.08 Å². The first-order valence-electron chi connectivity index (χ1n) is 6.41. The molecule has 4 heteroatoms. The van der Waals surface area contributed by atoms with Gasteiger partial charge >= 0.3 is 0 Å². The fourth-order valence-corrected chi connectivity index (χ4v) is 2.37. The number of anilines is 1. The molecule has 2 rings (SSSR count). The maximum atomic E-state index is 4.32. The smallest absolute Gasteiger partial charge is 0.203 e. The van der Waals surface area contributed by atoms with Gasteiger partial charge in [-0.15, -0.1) is 6.58 Å². The van der Waals surface area contributed by atoms with Crippen LogP contribution in [0.1, 0.15) is 19.8 Å². The van der Waals surface area contributed by atoms with Crippen molar-refractivity contribution in [3.63, 3.8) is 0 Å². The molecule has 0 aliphatic carbocycles. The monoisotopic (exact) mass is 234 g/mol. The summed E-state index contributed by atoms with van der Waals surface area (Å²) in [6.07, 6.45) is 8.43. The zero-order valence-electron chi connectivity index (χ0n) is 10.6. The molecule has 94 valence electrons. The molecule has 2 heterocycles. The lowest BCUT2D eigenvalue weighted by Crippen LogP contribution is -2.33. The van der Waals surface area contributed by atoms with Crippen molar-refractivity contribution in [3.8, 4) is 0 Å². The molecule has 1 atom stereocenters. The number of imidazole rings is 1. The average molecular weight is 234 g/mol. The molecule has 0 radical (unpaired) electrons. The van der Waals surface area contributed by atoms with Crippen LogP contribution in [0.15, 0.2) is 25.0 Å². The van der Waals surface area contributed by atoms with Gasteiger partial charge in [0.1, 0.15) is 0 Å². The lowest BCUT2D eigenvalue weighted by molar-refractivity contribution is 0.236. The van der Waals surface area contributed by atoms with Gasteiger partial charge in [0, 0.05) is 31.5 Å². The maximum absolute atomic E-state index is 4.32. The number of nitrogens with one attached hydrogen (secondary N) is 1. The van der Waals surface area contributed by atoms with E-state index in [-0.39, 0.29) is 0 Å².